The number of rotatable bonds is 48. The fraction of sp³-hybridized carbons (Fsp3) is 0.530. The van der Waals surface area contributed by atoms with E-state index >= 15 is 0 Å². The lowest BCUT2D eigenvalue weighted by Crippen LogP contribution is -2.30. The molecule has 0 rings (SSSR count). The molecule has 1 unspecified atom stereocenters. The third kappa shape index (κ3) is 55.7. The Kier molecular flexibility index (Phi) is 54.1. The Labute approximate surface area is 441 Å². The summed E-state index contributed by atoms with van der Waals surface area (Å²) >= 11 is 0. The van der Waals surface area contributed by atoms with Gasteiger partial charge in [0.15, 0.2) is 6.10 Å². The van der Waals surface area contributed by atoms with Gasteiger partial charge >= 0.3 is 17.9 Å². The van der Waals surface area contributed by atoms with E-state index in [4.69, 9.17) is 14.2 Å². The van der Waals surface area contributed by atoms with Crippen LogP contribution in [0.3, 0.4) is 0 Å². The van der Waals surface area contributed by atoms with E-state index in [1.54, 1.807) is 0 Å². The van der Waals surface area contributed by atoms with Crippen molar-refractivity contribution in [1.82, 2.24) is 0 Å². The lowest BCUT2D eigenvalue weighted by Gasteiger charge is -2.18. The monoisotopic (exact) mass is 989 g/mol. The molecule has 0 N–H and O–H groups in total. The molecule has 0 aliphatic carbocycles. The van der Waals surface area contributed by atoms with Gasteiger partial charge in [0.2, 0.25) is 0 Å². The van der Waals surface area contributed by atoms with Gasteiger partial charge in [-0.25, -0.2) is 0 Å². The summed E-state index contributed by atoms with van der Waals surface area (Å²) < 4.78 is 16.7. The Morgan fingerprint density at radius 2 is 0.556 bits per heavy atom. The van der Waals surface area contributed by atoms with Gasteiger partial charge in [-0.1, -0.05) is 217 Å². The lowest BCUT2D eigenvalue weighted by molar-refractivity contribution is -0.167. The van der Waals surface area contributed by atoms with Crippen molar-refractivity contribution >= 4 is 17.9 Å². The maximum absolute atomic E-state index is 12.8. The Morgan fingerprint density at radius 1 is 0.292 bits per heavy atom. The van der Waals surface area contributed by atoms with Crippen LogP contribution < -0.4 is 0 Å². The predicted molar refractivity (Wildman–Crippen MR) is 311 cm³/mol. The van der Waals surface area contributed by atoms with Crippen molar-refractivity contribution in [2.45, 2.75) is 213 Å². The number of carbonyl (C=O) groups excluding carboxylic acids is 3. The molecule has 0 heterocycles. The summed E-state index contributed by atoms with van der Waals surface area (Å²) in [6, 6.07) is 0. The Bertz CT molecular complexity index is 1700. The largest absolute Gasteiger partial charge is 0.462 e. The standard InChI is InChI=1S/C66H100O6/c1-4-7-10-13-16-19-22-24-26-28-30-32-33-35-36-38-40-42-44-47-50-53-56-59-65(68)71-62-63(61-70-64(67)58-55-52-49-46-21-18-15-12-9-6-3)72-66(69)60-57-54-51-48-45-43-41-39-37-34-31-29-27-25-23-20-17-14-11-8-5-2/h7-8,10-12,15-17,19-20,24-27,30-32,34-36,39-42,45,47-48,50,63H,4-6,9,13-14,18,21-23,28-29,33,37-38,43-44,46,49,51-62H2,1-3H3/b10-7-,11-8-,15-12-,19-16-,20-17-,26-24-,27-25-,32-30-,34-31-,36-35-,41-39-,42-40-,48-45-,50-47-. The van der Waals surface area contributed by atoms with E-state index in [0.29, 0.717) is 19.3 Å². The number of hydrogen-bond donors (Lipinski definition) is 0. The first kappa shape index (κ1) is 66.8. The lowest BCUT2D eigenvalue weighted by atomic mass is 10.1. The molecule has 0 bridgehead atoms. The second kappa shape index (κ2) is 58.3. The van der Waals surface area contributed by atoms with Crippen molar-refractivity contribution in [2.24, 2.45) is 0 Å². The molecule has 0 aliphatic rings. The maximum Gasteiger partial charge on any atom is 0.306 e. The van der Waals surface area contributed by atoms with E-state index in [1.807, 2.05) is 0 Å². The van der Waals surface area contributed by atoms with E-state index in [0.717, 1.165) is 141 Å². The van der Waals surface area contributed by atoms with Crippen molar-refractivity contribution in [2.75, 3.05) is 13.2 Å². The number of ether oxygens (including phenoxy) is 3. The zero-order valence-electron chi connectivity index (χ0n) is 45.6. The molecule has 6 heteroatoms. The highest BCUT2D eigenvalue weighted by atomic mass is 16.6. The molecule has 0 aromatic rings. The maximum atomic E-state index is 12.8. The Hall–Kier alpha value is -5.23. The van der Waals surface area contributed by atoms with Gasteiger partial charge in [-0.2, -0.15) is 0 Å². The van der Waals surface area contributed by atoms with Gasteiger partial charge in [-0.3, -0.25) is 14.4 Å². The molecule has 0 aromatic heterocycles. The third-order valence-electron chi connectivity index (χ3n) is 10.9. The number of esters is 3. The molecule has 1 atom stereocenters. The molecule has 400 valence electrons. The van der Waals surface area contributed by atoms with Crippen molar-refractivity contribution in [3.05, 3.63) is 170 Å². The number of allylic oxidation sites excluding steroid dienone is 28. The second-order valence-electron chi connectivity index (χ2n) is 17.7. The molecule has 0 saturated carbocycles. The van der Waals surface area contributed by atoms with Crippen LogP contribution in [-0.4, -0.2) is 37.2 Å². The fourth-order valence-electron chi connectivity index (χ4n) is 6.79. The summed E-state index contributed by atoms with van der Waals surface area (Å²) in [6.07, 6.45) is 86.4. The quantitative estimate of drug-likeness (QED) is 0.0262. The summed E-state index contributed by atoms with van der Waals surface area (Å²) in [7, 11) is 0. The number of hydrogen-bond acceptors (Lipinski definition) is 6. The number of carbonyl (C=O) groups is 3. The first-order chi connectivity index (χ1) is 35.5. The highest BCUT2D eigenvalue weighted by molar-refractivity contribution is 5.71. The molecule has 72 heavy (non-hydrogen) atoms. The summed E-state index contributed by atoms with van der Waals surface area (Å²) in [5.74, 6) is -1.06. The fourth-order valence-corrected chi connectivity index (χ4v) is 6.79. The number of unbranched alkanes of at least 4 members (excludes halogenated alkanes) is 9. The van der Waals surface area contributed by atoms with E-state index < -0.39 is 6.10 Å². The zero-order chi connectivity index (χ0) is 52.2. The van der Waals surface area contributed by atoms with Crippen LogP contribution in [0.25, 0.3) is 0 Å². The van der Waals surface area contributed by atoms with Gasteiger partial charge in [0.1, 0.15) is 13.2 Å². The minimum absolute atomic E-state index is 0.127. The van der Waals surface area contributed by atoms with Gasteiger partial charge in [0, 0.05) is 19.3 Å². The third-order valence-corrected chi connectivity index (χ3v) is 10.9. The van der Waals surface area contributed by atoms with Crippen LogP contribution in [0.15, 0.2) is 170 Å². The van der Waals surface area contributed by atoms with Crippen molar-refractivity contribution in [3.63, 3.8) is 0 Å². The predicted octanol–water partition coefficient (Wildman–Crippen LogP) is 19.1. The van der Waals surface area contributed by atoms with Crippen LogP contribution in [0, 0.1) is 0 Å². The first-order valence-corrected chi connectivity index (χ1v) is 28.1. The molecule has 0 spiro atoms. The normalized spacial score (nSPS) is 13.4. The van der Waals surface area contributed by atoms with Crippen LogP contribution in [0.4, 0.5) is 0 Å². The van der Waals surface area contributed by atoms with E-state index in [2.05, 4.69) is 191 Å². The van der Waals surface area contributed by atoms with Crippen molar-refractivity contribution in [1.29, 1.82) is 0 Å². The van der Waals surface area contributed by atoms with Gasteiger partial charge in [-0.15, -0.1) is 0 Å². The molecular weight excluding hydrogens is 889 g/mol. The van der Waals surface area contributed by atoms with Crippen LogP contribution in [0.1, 0.15) is 207 Å². The molecular formula is C66H100O6. The molecule has 0 radical (unpaired) electrons. The van der Waals surface area contributed by atoms with Gasteiger partial charge in [0.05, 0.1) is 0 Å². The average molecular weight is 990 g/mol. The van der Waals surface area contributed by atoms with E-state index in [9.17, 15) is 14.4 Å². The molecule has 0 fully saturated rings. The molecule has 6 nitrogen and oxygen atoms in total. The average Bonchev–Trinajstić information content (AvgIpc) is 3.38. The van der Waals surface area contributed by atoms with Crippen LogP contribution in [0.2, 0.25) is 0 Å². The Balaban J connectivity index is 4.55. The molecule has 0 amide bonds. The summed E-state index contributed by atoms with van der Waals surface area (Å²) in [5.41, 5.74) is 0. The van der Waals surface area contributed by atoms with Gasteiger partial charge < -0.3 is 14.2 Å². The molecule has 0 aliphatic heterocycles. The first-order valence-electron chi connectivity index (χ1n) is 28.1. The van der Waals surface area contributed by atoms with E-state index in [-0.39, 0.29) is 44.0 Å². The van der Waals surface area contributed by atoms with Crippen LogP contribution in [0.5, 0.6) is 0 Å². The SMILES string of the molecule is CC/C=C\C/C=C\C/C=C\C/C=C\C/C=C\C/C=C\C/C=C\CCCC(=O)OCC(COC(=O)CCCCCCC/C=C\CCC)OC(=O)CCCC/C=C\C/C=C\C/C=C\C/C=C\C/C=C\C/C=C\CC. The highest BCUT2D eigenvalue weighted by Crippen LogP contribution is 2.11. The second-order valence-corrected chi connectivity index (χ2v) is 17.7. The smallest absolute Gasteiger partial charge is 0.306 e. The van der Waals surface area contributed by atoms with Crippen LogP contribution >= 0.6 is 0 Å². The molecule has 0 aromatic carbocycles. The Morgan fingerprint density at radius 3 is 0.944 bits per heavy atom. The zero-order valence-corrected chi connectivity index (χ0v) is 45.6. The minimum atomic E-state index is -0.837. The van der Waals surface area contributed by atoms with Gasteiger partial charge in [0.25, 0.3) is 0 Å². The topological polar surface area (TPSA) is 78.9 Å². The van der Waals surface area contributed by atoms with E-state index in [1.165, 1.54) is 12.8 Å². The minimum Gasteiger partial charge on any atom is -0.462 e. The van der Waals surface area contributed by atoms with Gasteiger partial charge in [-0.05, 0) is 141 Å². The summed E-state index contributed by atoms with van der Waals surface area (Å²) in [4.78, 5) is 38.0. The van der Waals surface area contributed by atoms with Crippen molar-refractivity contribution < 1.29 is 28.6 Å². The highest BCUT2D eigenvalue weighted by Gasteiger charge is 2.19. The van der Waals surface area contributed by atoms with Crippen molar-refractivity contribution in [3.8, 4) is 0 Å². The van der Waals surface area contributed by atoms with Crippen LogP contribution in [-0.2, 0) is 28.6 Å². The molecule has 0 saturated heterocycles. The summed E-state index contributed by atoms with van der Waals surface area (Å²) in [5, 5.41) is 0. The summed E-state index contributed by atoms with van der Waals surface area (Å²) in [6.45, 7) is 6.23.